The molecule has 0 aromatic carbocycles. The van der Waals surface area contributed by atoms with Crippen molar-refractivity contribution in [2.24, 2.45) is 0 Å². The average molecular weight is 264 g/mol. The van der Waals surface area contributed by atoms with Crippen molar-refractivity contribution in [3.8, 4) is 0 Å². The van der Waals surface area contributed by atoms with E-state index in [1.54, 1.807) is 0 Å². The Morgan fingerprint density at radius 1 is 1.00 bits per heavy atom. The van der Waals surface area contributed by atoms with Crippen molar-refractivity contribution in [3.05, 3.63) is 22.8 Å². The largest absolute Gasteiger partial charge is 0.388 e. The number of hydrogen-bond donors (Lipinski definition) is 1. The molecule has 0 amide bonds. The number of unbranched alkanes of at least 4 members (excludes halogenated alkanes) is 4. The maximum absolute atomic E-state index is 10.2. The van der Waals surface area contributed by atoms with E-state index in [4.69, 9.17) is 0 Å². The molecule has 0 saturated heterocycles. The third-order valence-corrected chi connectivity index (χ3v) is 4.06. The van der Waals surface area contributed by atoms with E-state index in [1.807, 2.05) is 0 Å². The third kappa shape index (κ3) is 5.14. The molecular weight excluding hydrogens is 232 g/mol. The lowest BCUT2D eigenvalue weighted by molar-refractivity contribution is 0.214. The van der Waals surface area contributed by atoms with Crippen LogP contribution in [-0.2, 0) is 0 Å². The maximum Gasteiger partial charge on any atom is 0.0796 e. The Morgan fingerprint density at radius 3 is 2.37 bits per heavy atom. The first-order valence-electron chi connectivity index (χ1n) is 8.33. The van der Waals surface area contributed by atoms with Gasteiger partial charge in [-0.3, -0.25) is 0 Å². The second kappa shape index (κ2) is 9.36. The summed E-state index contributed by atoms with van der Waals surface area (Å²) in [5, 5.41) is 10.2. The number of rotatable bonds is 9. The van der Waals surface area contributed by atoms with Gasteiger partial charge in [0.05, 0.1) is 6.10 Å². The van der Waals surface area contributed by atoms with E-state index >= 15 is 0 Å². The molecule has 0 fully saturated rings. The molecule has 1 nitrogen and oxygen atoms in total. The lowest BCUT2D eigenvalue weighted by Gasteiger charge is -2.08. The van der Waals surface area contributed by atoms with Gasteiger partial charge in [-0.1, -0.05) is 59.0 Å². The number of aliphatic hydroxyl groups is 1. The van der Waals surface area contributed by atoms with Gasteiger partial charge in [-0.05, 0) is 42.4 Å². The fourth-order valence-electron chi connectivity index (χ4n) is 3.07. The van der Waals surface area contributed by atoms with Crippen molar-refractivity contribution in [2.45, 2.75) is 91.1 Å². The standard InChI is InChI=1S/C18H32O/c1-4-7-8-9-10-13-15-14-18(19)17(12-6-3)16(15)11-5-2/h13,18-19H,4-12,14H2,1-3H3/b15-13+. The van der Waals surface area contributed by atoms with Crippen molar-refractivity contribution < 1.29 is 5.11 Å². The predicted octanol–water partition coefficient (Wildman–Crippen LogP) is 5.54. The minimum Gasteiger partial charge on any atom is -0.388 e. The van der Waals surface area contributed by atoms with Gasteiger partial charge in [0, 0.05) is 6.42 Å². The molecule has 1 N–H and O–H groups in total. The fraction of sp³-hybridized carbons (Fsp3) is 0.778. The zero-order valence-corrected chi connectivity index (χ0v) is 13.2. The third-order valence-electron chi connectivity index (χ3n) is 4.06. The van der Waals surface area contributed by atoms with Gasteiger partial charge in [0.2, 0.25) is 0 Å². The molecule has 0 aromatic rings. The van der Waals surface area contributed by atoms with E-state index in [9.17, 15) is 5.11 Å². The summed E-state index contributed by atoms with van der Waals surface area (Å²) >= 11 is 0. The summed E-state index contributed by atoms with van der Waals surface area (Å²) in [6.07, 6.45) is 14.1. The summed E-state index contributed by atoms with van der Waals surface area (Å²) in [5.74, 6) is 0. The Kier molecular flexibility index (Phi) is 8.13. The van der Waals surface area contributed by atoms with Gasteiger partial charge < -0.3 is 5.11 Å². The molecule has 0 aliphatic heterocycles. The van der Waals surface area contributed by atoms with E-state index in [1.165, 1.54) is 55.2 Å². The van der Waals surface area contributed by atoms with E-state index in [0.717, 1.165) is 25.7 Å². The van der Waals surface area contributed by atoms with Crippen molar-refractivity contribution in [2.75, 3.05) is 0 Å². The first kappa shape index (κ1) is 16.5. The second-order valence-electron chi connectivity index (χ2n) is 5.80. The van der Waals surface area contributed by atoms with Crippen LogP contribution in [0, 0.1) is 0 Å². The molecule has 1 aliphatic rings. The molecule has 1 aliphatic carbocycles. The SMILES string of the molecule is CCCCCC/C=C1\CC(O)C(CCC)=C1CCC. The van der Waals surface area contributed by atoms with Crippen LogP contribution in [0.1, 0.15) is 85.0 Å². The number of aliphatic hydroxyl groups excluding tert-OH is 1. The van der Waals surface area contributed by atoms with Crippen molar-refractivity contribution in [1.82, 2.24) is 0 Å². The van der Waals surface area contributed by atoms with Gasteiger partial charge in [0.15, 0.2) is 0 Å². The normalized spacial score (nSPS) is 21.7. The monoisotopic (exact) mass is 264 g/mol. The van der Waals surface area contributed by atoms with Gasteiger partial charge >= 0.3 is 0 Å². The maximum atomic E-state index is 10.2. The molecule has 0 heterocycles. The minimum absolute atomic E-state index is 0.191. The fourth-order valence-corrected chi connectivity index (χ4v) is 3.07. The lowest BCUT2D eigenvalue weighted by atomic mass is 9.98. The minimum atomic E-state index is -0.191. The summed E-state index contributed by atoms with van der Waals surface area (Å²) in [4.78, 5) is 0. The molecule has 0 bridgehead atoms. The van der Waals surface area contributed by atoms with Crippen molar-refractivity contribution in [3.63, 3.8) is 0 Å². The quantitative estimate of drug-likeness (QED) is 0.542. The van der Waals surface area contributed by atoms with Gasteiger partial charge in [-0.25, -0.2) is 0 Å². The molecule has 1 atom stereocenters. The number of hydrogen-bond acceptors (Lipinski definition) is 1. The number of allylic oxidation sites excluding steroid dienone is 2. The summed E-state index contributed by atoms with van der Waals surface area (Å²) in [7, 11) is 0. The first-order chi connectivity index (χ1) is 9.24. The molecule has 1 rings (SSSR count). The summed E-state index contributed by atoms with van der Waals surface area (Å²) in [6.45, 7) is 6.70. The second-order valence-corrected chi connectivity index (χ2v) is 5.80. The molecule has 19 heavy (non-hydrogen) atoms. The van der Waals surface area contributed by atoms with E-state index in [2.05, 4.69) is 26.8 Å². The Morgan fingerprint density at radius 2 is 1.74 bits per heavy atom. The topological polar surface area (TPSA) is 20.2 Å². The molecule has 1 heteroatoms. The van der Waals surface area contributed by atoms with Crippen molar-refractivity contribution in [1.29, 1.82) is 0 Å². The van der Waals surface area contributed by atoms with Crippen LogP contribution in [-0.4, -0.2) is 11.2 Å². The van der Waals surface area contributed by atoms with Crippen LogP contribution in [0.2, 0.25) is 0 Å². The zero-order chi connectivity index (χ0) is 14.1. The van der Waals surface area contributed by atoms with Crippen LogP contribution in [0.15, 0.2) is 22.8 Å². The predicted molar refractivity (Wildman–Crippen MR) is 84.3 cm³/mol. The van der Waals surface area contributed by atoms with Gasteiger partial charge in [-0.2, -0.15) is 0 Å². The summed E-state index contributed by atoms with van der Waals surface area (Å²) in [5.41, 5.74) is 4.28. The van der Waals surface area contributed by atoms with E-state index < -0.39 is 0 Å². The van der Waals surface area contributed by atoms with Gasteiger partial charge in [0.25, 0.3) is 0 Å². The van der Waals surface area contributed by atoms with Gasteiger partial charge in [0.1, 0.15) is 0 Å². The highest BCUT2D eigenvalue weighted by molar-refractivity contribution is 5.44. The average Bonchev–Trinajstić information content (AvgIpc) is 2.68. The highest BCUT2D eigenvalue weighted by Gasteiger charge is 2.25. The summed E-state index contributed by atoms with van der Waals surface area (Å²) in [6, 6.07) is 0. The lowest BCUT2D eigenvalue weighted by Crippen LogP contribution is -2.04. The first-order valence-corrected chi connectivity index (χ1v) is 8.33. The van der Waals surface area contributed by atoms with Crippen LogP contribution in [0.3, 0.4) is 0 Å². The molecular formula is C18H32O. The smallest absolute Gasteiger partial charge is 0.0796 e. The van der Waals surface area contributed by atoms with E-state index in [0.29, 0.717) is 0 Å². The Balaban J connectivity index is 2.63. The van der Waals surface area contributed by atoms with Crippen LogP contribution in [0.4, 0.5) is 0 Å². The molecule has 110 valence electrons. The molecule has 0 spiro atoms. The van der Waals surface area contributed by atoms with E-state index in [-0.39, 0.29) is 6.10 Å². The van der Waals surface area contributed by atoms with Crippen LogP contribution < -0.4 is 0 Å². The van der Waals surface area contributed by atoms with Crippen LogP contribution in [0.5, 0.6) is 0 Å². The molecule has 1 unspecified atom stereocenters. The Hall–Kier alpha value is -0.560. The highest BCUT2D eigenvalue weighted by atomic mass is 16.3. The van der Waals surface area contributed by atoms with Crippen LogP contribution >= 0.6 is 0 Å². The molecule has 0 radical (unpaired) electrons. The van der Waals surface area contributed by atoms with Crippen molar-refractivity contribution >= 4 is 0 Å². The summed E-state index contributed by atoms with van der Waals surface area (Å²) < 4.78 is 0. The molecule has 0 aromatic heterocycles. The zero-order valence-electron chi connectivity index (χ0n) is 13.2. The highest BCUT2D eigenvalue weighted by Crippen LogP contribution is 2.37. The van der Waals surface area contributed by atoms with Crippen LogP contribution in [0.25, 0.3) is 0 Å². The van der Waals surface area contributed by atoms with Gasteiger partial charge in [-0.15, -0.1) is 0 Å². The molecule has 0 saturated carbocycles. The Labute approximate surface area is 119 Å². The Bertz CT molecular complexity index is 312.